The number of nitrogens with zero attached hydrogens (tertiary/aromatic N) is 2. The Morgan fingerprint density at radius 1 is 1.50 bits per heavy atom. The molecule has 0 spiro atoms. The standard InChI is InChI=1S/C18H26N4O2/c1-4-10-19-17(23)14(3)22-11-6-8-15(12-22)18(24)21-16-9-5-7-13(2)20-16/h4-5,7,9,14-15H,1,6,8,10-12H2,2-3H3,(H,19,23)(H,20,21,24). The second kappa shape index (κ2) is 8.59. The van der Waals surface area contributed by atoms with Gasteiger partial charge in [-0.25, -0.2) is 4.98 Å². The number of piperidine rings is 1. The molecule has 0 bridgehead atoms. The van der Waals surface area contributed by atoms with E-state index < -0.39 is 0 Å². The number of anilines is 1. The van der Waals surface area contributed by atoms with Crippen molar-refractivity contribution in [3.05, 3.63) is 36.5 Å². The van der Waals surface area contributed by atoms with Gasteiger partial charge in [-0.3, -0.25) is 14.5 Å². The van der Waals surface area contributed by atoms with E-state index in [1.165, 1.54) is 0 Å². The van der Waals surface area contributed by atoms with Crippen LogP contribution in [0.4, 0.5) is 5.82 Å². The zero-order valence-electron chi connectivity index (χ0n) is 14.4. The van der Waals surface area contributed by atoms with Gasteiger partial charge in [-0.15, -0.1) is 6.58 Å². The van der Waals surface area contributed by atoms with Crippen molar-refractivity contribution < 1.29 is 9.59 Å². The summed E-state index contributed by atoms with van der Waals surface area (Å²) in [6.45, 7) is 9.24. The number of carbonyl (C=O) groups excluding carboxylic acids is 2. The predicted octanol–water partition coefficient (Wildman–Crippen LogP) is 1.73. The zero-order valence-corrected chi connectivity index (χ0v) is 14.4. The molecule has 0 aromatic carbocycles. The molecule has 2 heterocycles. The molecule has 1 saturated heterocycles. The number of aromatic nitrogens is 1. The van der Waals surface area contributed by atoms with Gasteiger partial charge in [0.15, 0.2) is 0 Å². The third-order valence-corrected chi connectivity index (χ3v) is 4.31. The van der Waals surface area contributed by atoms with Gasteiger partial charge >= 0.3 is 0 Å². The van der Waals surface area contributed by atoms with Crippen LogP contribution in [0.15, 0.2) is 30.9 Å². The molecule has 130 valence electrons. The van der Waals surface area contributed by atoms with Gasteiger partial charge in [-0.1, -0.05) is 12.1 Å². The minimum absolute atomic E-state index is 0.0310. The summed E-state index contributed by atoms with van der Waals surface area (Å²) in [7, 11) is 0. The van der Waals surface area contributed by atoms with Gasteiger partial charge in [0.05, 0.1) is 12.0 Å². The number of nitrogens with one attached hydrogen (secondary N) is 2. The van der Waals surface area contributed by atoms with Crippen LogP contribution in [0.2, 0.25) is 0 Å². The van der Waals surface area contributed by atoms with Crippen LogP contribution in [0.1, 0.15) is 25.5 Å². The van der Waals surface area contributed by atoms with Crippen molar-refractivity contribution in [3.8, 4) is 0 Å². The van der Waals surface area contributed by atoms with E-state index in [2.05, 4.69) is 27.1 Å². The van der Waals surface area contributed by atoms with Crippen molar-refractivity contribution in [1.82, 2.24) is 15.2 Å². The highest BCUT2D eigenvalue weighted by atomic mass is 16.2. The number of carbonyl (C=O) groups is 2. The van der Waals surface area contributed by atoms with Gasteiger partial charge in [-0.05, 0) is 45.4 Å². The number of likely N-dealkylation sites (tertiary alicyclic amines) is 1. The van der Waals surface area contributed by atoms with E-state index in [1.54, 1.807) is 12.1 Å². The number of aryl methyl sites for hydroxylation is 1. The maximum Gasteiger partial charge on any atom is 0.237 e. The largest absolute Gasteiger partial charge is 0.351 e. The maximum atomic E-state index is 12.5. The molecule has 2 N–H and O–H groups in total. The zero-order chi connectivity index (χ0) is 17.5. The summed E-state index contributed by atoms with van der Waals surface area (Å²) in [5, 5.41) is 5.70. The van der Waals surface area contributed by atoms with Crippen LogP contribution < -0.4 is 10.6 Å². The van der Waals surface area contributed by atoms with Crippen LogP contribution in [0.25, 0.3) is 0 Å². The van der Waals surface area contributed by atoms with E-state index in [4.69, 9.17) is 0 Å². The third kappa shape index (κ3) is 4.89. The Balaban J connectivity index is 1.93. The Morgan fingerprint density at radius 3 is 3.00 bits per heavy atom. The molecule has 1 aliphatic heterocycles. The van der Waals surface area contributed by atoms with Crippen molar-refractivity contribution in [2.24, 2.45) is 5.92 Å². The number of pyridine rings is 1. The Bertz CT molecular complexity index is 602. The molecule has 1 fully saturated rings. The summed E-state index contributed by atoms with van der Waals surface area (Å²) in [5.74, 6) is 0.387. The van der Waals surface area contributed by atoms with E-state index >= 15 is 0 Å². The number of hydrogen-bond donors (Lipinski definition) is 2. The SMILES string of the molecule is C=CCNC(=O)C(C)N1CCCC(C(=O)Nc2cccc(C)n2)C1. The Labute approximate surface area is 143 Å². The van der Waals surface area contributed by atoms with E-state index in [1.807, 2.05) is 26.0 Å². The topological polar surface area (TPSA) is 74.3 Å². The lowest BCUT2D eigenvalue weighted by Crippen LogP contribution is -2.50. The minimum Gasteiger partial charge on any atom is -0.351 e. The first-order chi connectivity index (χ1) is 11.5. The lowest BCUT2D eigenvalue weighted by Gasteiger charge is -2.35. The first kappa shape index (κ1) is 18.1. The maximum absolute atomic E-state index is 12.5. The summed E-state index contributed by atoms with van der Waals surface area (Å²) >= 11 is 0. The van der Waals surface area contributed by atoms with E-state index in [0.29, 0.717) is 18.9 Å². The Kier molecular flexibility index (Phi) is 6.49. The van der Waals surface area contributed by atoms with Crippen molar-refractivity contribution in [2.45, 2.75) is 32.7 Å². The molecule has 24 heavy (non-hydrogen) atoms. The highest BCUT2D eigenvalue weighted by Gasteiger charge is 2.30. The molecule has 0 aliphatic carbocycles. The molecule has 1 aromatic rings. The molecule has 0 saturated carbocycles. The molecule has 2 atom stereocenters. The van der Waals surface area contributed by atoms with Gasteiger partial charge in [0.25, 0.3) is 0 Å². The van der Waals surface area contributed by atoms with E-state index in [9.17, 15) is 9.59 Å². The summed E-state index contributed by atoms with van der Waals surface area (Å²) in [4.78, 5) is 31.0. The van der Waals surface area contributed by atoms with Crippen LogP contribution in [0, 0.1) is 12.8 Å². The fourth-order valence-corrected chi connectivity index (χ4v) is 2.90. The van der Waals surface area contributed by atoms with Gasteiger partial charge in [0, 0.05) is 18.8 Å². The van der Waals surface area contributed by atoms with Crippen molar-refractivity contribution in [1.29, 1.82) is 0 Å². The fraction of sp³-hybridized carbons (Fsp3) is 0.500. The second-order valence-corrected chi connectivity index (χ2v) is 6.20. The molecule has 1 aliphatic rings. The minimum atomic E-state index is -0.252. The summed E-state index contributed by atoms with van der Waals surface area (Å²) < 4.78 is 0. The highest BCUT2D eigenvalue weighted by Crippen LogP contribution is 2.20. The van der Waals surface area contributed by atoms with Crippen LogP contribution in [0.3, 0.4) is 0 Å². The van der Waals surface area contributed by atoms with Gasteiger partial charge in [-0.2, -0.15) is 0 Å². The van der Waals surface area contributed by atoms with E-state index in [0.717, 1.165) is 25.1 Å². The molecule has 2 unspecified atom stereocenters. The van der Waals surface area contributed by atoms with Crippen molar-refractivity contribution >= 4 is 17.6 Å². The molecule has 6 nitrogen and oxygen atoms in total. The predicted molar refractivity (Wildman–Crippen MR) is 94.6 cm³/mol. The molecule has 6 heteroatoms. The van der Waals surface area contributed by atoms with Crippen molar-refractivity contribution in [2.75, 3.05) is 25.0 Å². The first-order valence-corrected chi connectivity index (χ1v) is 8.38. The van der Waals surface area contributed by atoms with Crippen LogP contribution >= 0.6 is 0 Å². The highest BCUT2D eigenvalue weighted by molar-refractivity contribution is 5.92. The molecule has 2 rings (SSSR count). The first-order valence-electron chi connectivity index (χ1n) is 8.38. The lowest BCUT2D eigenvalue weighted by molar-refractivity contribution is -0.129. The fourth-order valence-electron chi connectivity index (χ4n) is 2.90. The number of hydrogen-bond acceptors (Lipinski definition) is 4. The quantitative estimate of drug-likeness (QED) is 0.779. The number of amides is 2. The van der Waals surface area contributed by atoms with Crippen LogP contribution in [0.5, 0.6) is 0 Å². The number of rotatable bonds is 6. The van der Waals surface area contributed by atoms with Crippen molar-refractivity contribution in [3.63, 3.8) is 0 Å². The molecule has 1 aromatic heterocycles. The van der Waals surface area contributed by atoms with Crippen LogP contribution in [-0.2, 0) is 9.59 Å². The summed E-state index contributed by atoms with van der Waals surface area (Å²) in [6, 6.07) is 5.30. The second-order valence-electron chi connectivity index (χ2n) is 6.20. The lowest BCUT2D eigenvalue weighted by atomic mass is 9.96. The van der Waals surface area contributed by atoms with Gasteiger partial charge in [0.1, 0.15) is 5.82 Å². The van der Waals surface area contributed by atoms with Gasteiger partial charge in [0.2, 0.25) is 11.8 Å². The van der Waals surface area contributed by atoms with E-state index in [-0.39, 0.29) is 23.8 Å². The Morgan fingerprint density at radius 2 is 2.29 bits per heavy atom. The average molecular weight is 330 g/mol. The van der Waals surface area contributed by atoms with Gasteiger partial charge < -0.3 is 10.6 Å². The summed E-state index contributed by atoms with van der Waals surface area (Å²) in [6.07, 6.45) is 3.39. The molecular formula is C18H26N4O2. The molecule has 2 amide bonds. The third-order valence-electron chi connectivity index (χ3n) is 4.31. The smallest absolute Gasteiger partial charge is 0.237 e. The molecule has 0 radical (unpaired) electrons. The monoisotopic (exact) mass is 330 g/mol. The van der Waals surface area contributed by atoms with Crippen LogP contribution in [-0.4, -0.2) is 47.4 Å². The normalized spacial score (nSPS) is 19.3. The molecular weight excluding hydrogens is 304 g/mol. The Hall–Kier alpha value is -2.21. The summed E-state index contributed by atoms with van der Waals surface area (Å²) in [5.41, 5.74) is 0.866. The average Bonchev–Trinajstić information content (AvgIpc) is 2.59.